The number of hydrogen-bond donors (Lipinski definition) is 2. The van der Waals surface area contributed by atoms with Gasteiger partial charge in [-0.05, 0) is 6.92 Å². The lowest BCUT2D eigenvalue weighted by Crippen LogP contribution is -2.66. The molecule has 1 fully saturated rings. The Morgan fingerprint density at radius 2 is 2.67 bits per heavy atom. The summed E-state index contributed by atoms with van der Waals surface area (Å²) in [5, 5.41) is 8.83. The van der Waals surface area contributed by atoms with Crippen molar-refractivity contribution in [3.8, 4) is 0 Å². The fourth-order valence-electron chi connectivity index (χ4n) is 0.704. The fraction of sp³-hybridized carbons (Fsp3) is 1.00. The van der Waals surface area contributed by atoms with Crippen molar-refractivity contribution in [2.24, 2.45) is 5.73 Å². The van der Waals surface area contributed by atoms with Crippen LogP contribution in [0.3, 0.4) is 0 Å². The molecule has 1 saturated heterocycles. The minimum Gasteiger partial charge on any atom is -0.364 e. The minimum absolute atomic E-state index is 0.280. The van der Waals surface area contributed by atoms with Crippen molar-refractivity contribution in [2.75, 3.05) is 13.2 Å². The van der Waals surface area contributed by atoms with Gasteiger partial charge >= 0.3 is 0 Å². The molecule has 0 saturated carbocycles. The van der Waals surface area contributed by atoms with E-state index in [1.165, 1.54) is 0 Å². The van der Waals surface area contributed by atoms with Crippen LogP contribution in [0.15, 0.2) is 0 Å². The third-order valence-corrected chi connectivity index (χ3v) is 1.30. The molecule has 0 aliphatic carbocycles. The summed E-state index contributed by atoms with van der Waals surface area (Å²) in [6.07, 6.45) is -0.947. The van der Waals surface area contributed by atoms with Crippen molar-refractivity contribution >= 4 is 0 Å². The second-order valence-corrected chi connectivity index (χ2v) is 2.05. The summed E-state index contributed by atoms with van der Waals surface area (Å²) in [4.78, 5) is 0. The van der Waals surface area contributed by atoms with Gasteiger partial charge in [0.05, 0.1) is 6.61 Å². The lowest BCUT2D eigenvalue weighted by atomic mass is 10.2. The summed E-state index contributed by atoms with van der Waals surface area (Å²) in [6.45, 7) is 2.60. The predicted octanol–water partition coefficient (Wildman–Crippen LogP) is -0.974. The summed E-state index contributed by atoms with van der Waals surface area (Å²) < 4.78 is 9.58. The monoisotopic (exact) mass is 133 g/mol. The van der Waals surface area contributed by atoms with Gasteiger partial charge in [0.2, 0.25) is 0 Å². The van der Waals surface area contributed by atoms with Crippen LogP contribution in [0.5, 0.6) is 0 Å². The summed E-state index contributed by atoms with van der Waals surface area (Å²) in [5.41, 5.74) is 4.52. The van der Waals surface area contributed by atoms with Gasteiger partial charge in [0.1, 0.15) is 0 Å². The van der Waals surface area contributed by atoms with Crippen molar-refractivity contribution in [1.82, 2.24) is 0 Å². The van der Waals surface area contributed by atoms with Gasteiger partial charge in [0.15, 0.2) is 12.0 Å². The normalized spacial score (nSPS) is 42.3. The van der Waals surface area contributed by atoms with E-state index >= 15 is 0 Å². The molecule has 0 amide bonds. The van der Waals surface area contributed by atoms with Crippen molar-refractivity contribution in [1.29, 1.82) is 0 Å². The van der Waals surface area contributed by atoms with E-state index in [1.807, 2.05) is 6.92 Å². The molecule has 9 heavy (non-hydrogen) atoms. The maximum Gasteiger partial charge on any atom is 0.200 e. The third kappa shape index (κ3) is 1.07. The molecule has 0 spiro atoms. The van der Waals surface area contributed by atoms with Gasteiger partial charge < -0.3 is 14.6 Å². The lowest BCUT2D eigenvalue weighted by molar-refractivity contribution is -0.332. The number of aliphatic hydroxyl groups is 1. The smallest absolute Gasteiger partial charge is 0.200 e. The lowest BCUT2D eigenvalue weighted by Gasteiger charge is -2.41. The number of rotatable bonds is 2. The Balaban J connectivity index is 2.34. The third-order valence-electron chi connectivity index (χ3n) is 1.30. The van der Waals surface area contributed by atoms with E-state index in [9.17, 15) is 0 Å². The van der Waals surface area contributed by atoms with Crippen LogP contribution in [0.1, 0.15) is 6.92 Å². The summed E-state index contributed by atoms with van der Waals surface area (Å²) in [7, 11) is 0. The van der Waals surface area contributed by atoms with Crippen molar-refractivity contribution in [2.45, 2.75) is 18.9 Å². The van der Waals surface area contributed by atoms with Crippen LogP contribution in [0.4, 0.5) is 0 Å². The van der Waals surface area contributed by atoms with Gasteiger partial charge in [0, 0.05) is 6.61 Å². The molecule has 4 heteroatoms. The zero-order valence-electron chi connectivity index (χ0n) is 5.33. The Bertz CT molecular complexity index is 108. The SMILES string of the molecule is CCOC1(N)COC1O. The zero-order chi connectivity index (χ0) is 6.91. The van der Waals surface area contributed by atoms with E-state index in [4.69, 9.17) is 15.6 Å². The molecule has 3 N–H and O–H groups in total. The van der Waals surface area contributed by atoms with E-state index < -0.39 is 12.0 Å². The molecule has 54 valence electrons. The van der Waals surface area contributed by atoms with Gasteiger partial charge in [-0.3, -0.25) is 5.73 Å². The van der Waals surface area contributed by atoms with E-state index in [2.05, 4.69) is 4.74 Å². The van der Waals surface area contributed by atoms with Crippen molar-refractivity contribution in [3.63, 3.8) is 0 Å². The van der Waals surface area contributed by atoms with Crippen LogP contribution >= 0.6 is 0 Å². The molecule has 0 bridgehead atoms. The molecule has 0 aromatic heterocycles. The van der Waals surface area contributed by atoms with Crippen LogP contribution in [0.2, 0.25) is 0 Å². The molecule has 0 radical (unpaired) electrons. The first kappa shape index (κ1) is 6.95. The summed E-state index contributed by atoms with van der Waals surface area (Å²) in [5.74, 6) is 0. The Morgan fingerprint density at radius 1 is 2.00 bits per heavy atom. The second-order valence-electron chi connectivity index (χ2n) is 2.05. The molecule has 1 heterocycles. The second kappa shape index (κ2) is 2.22. The van der Waals surface area contributed by atoms with E-state index in [0.717, 1.165) is 0 Å². The van der Waals surface area contributed by atoms with Gasteiger partial charge in [-0.25, -0.2) is 0 Å². The molecule has 0 aromatic rings. The molecule has 1 aliphatic heterocycles. The molecular weight excluding hydrogens is 122 g/mol. The largest absolute Gasteiger partial charge is 0.364 e. The Hall–Kier alpha value is -0.160. The van der Waals surface area contributed by atoms with Crippen molar-refractivity contribution < 1.29 is 14.6 Å². The quantitative estimate of drug-likeness (QED) is 0.475. The van der Waals surface area contributed by atoms with Crippen molar-refractivity contribution in [3.05, 3.63) is 0 Å². The van der Waals surface area contributed by atoms with Crippen LogP contribution in [-0.4, -0.2) is 30.3 Å². The number of hydrogen-bond acceptors (Lipinski definition) is 4. The standard InChI is InChI=1S/C5H11NO3/c1-2-9-5(6)3-8-4(5)7/h4,7H,2-3,6H2,1H3. The first-order chi connectivity index (χ1) is 4.19. The topological polar surface area (TPSA) is 64.7 Å². The summed E-state index contributed by atoms with van der Waals surface area (Å²) in [6, 6.07) is 0. The fourth-order valence-corrected chi connectivity index (χ4v) is 0.704. The molecule has 1 aliphatic rings. The number of aliphatic hydroxyl groups excluding tert-OH is 1. The minimum atomic E-state index is -0.947. The molecule has 1 rings (SSSR count). The van der Waals surface area contributed by atoms with E-state index in [0.29, 0.717) is 6.61 Å². The number of nitrogens with two attached hydrogens (primary N) is 1. The van der Waals surface area contributed by atoms with Gasteiger partial charge in [-0.2, -0.15) is 0 Å². The molecule has 4 nitrogen and oxygen atoms in total. The average Bonchev–Trinajstić information content (AvgIpc) is 1.86. The predicted molar refractivity (Wildman–Crippen MR) is 30.5 cm³/mol. The average molecular weight is 133 g/mol. The number of ether oxygens (including phenoxy) is 2. The first-order valence-corrected chi connectivity index (χ1v) is 2.91. The zero-order valence-corrected chi connectivity index (χ0v) is 5.33. The highest BCUT2D eigenvalue weighted by Crippen LogP contribution is 2.21. The van der Waals surface area contributed by atoms with Crippen LogP contribution in [0.25, 0.3) is 0 Å². The van der Waals surface area contributed by atoms with Gasteiger partial charge in [-0.15, -0.1) is 0 Å². The van der Waals surface area contributed by atoms with Crippen LogP contribution < -0.4 is 5.73 Å². The highest BCUT2D eigenvalue weighted by molar-refractivity contribution is 4.84. The maximum absolute atomic E-state index is 8.83. The van der Waals surface area contributed by atoms with Gasteiger partial charge in [-0.1, -0.05) is 0 Å². The first-order valence-electron chi connectivity index (χ1n) is 2.91. The molecule has 0 aromatic carbocycles. The highest BCUT2D eigenvalue weighted by atomic mass is 16.7. The van der Waals surface area contributed by atoms with E-state index in [-0.39, 0.29) is 6.61 Å². The van der Waals surface area contributed by atoms with Crippen LogP contribution in [-0.2, 0) is 9.47 Å². The Kier molecular flexibility index (Phi) is 1.72. The van der Waals surface area contributed by atoms with Gasteiger partial charge in [0.25, 0.3) is 0 Å². The Morgan fingerprint density at radius 3 is 2.78 bits per heavy atom. The molecular formula is C5H11NO3. The van der Waals surface area contributed by atoms with E-state index in [1.54, 1.807) is 0 Å². The highest BCUT2D eigenvalue weighted by Gasteiger charge is 2.45. The van der Waals surface area contributed by atoms with Crippen LogP contribution in [0, 0.1) is 0 Å². The molecule has 2 unspecified atom stereocenters. The molecule has 2 atom stereocenters. The Labute approximate surface area is 53.6 Å². The summed E-state index contributed by atoms with van der Waals surface area (Å²) >= 11 is 0. The maximum atomic E-state index is 8.83.